The summed E-state index contributed by atoms with van der Waals surface area (Å²) in [5, 5.41) is 0. The third kappa shape index (κ3) is 4.52. The minimum absolute atomic E-state index is 0.0947. The number of carbonyl (C=O) groups excluding carboxylic acids is 2. The molecule has 1 amide bonds. The molecule has 9 heteroatoms. The van der Waals surface area contributed by atoms with Crippen LogP contribution in [-0.4, -0.2) is 46.5 Å². The topological polar surface area (TPSA) is 104 Å². The smallest absolute Gasteiger partial charge is 0.343 e. The van der Waals surface area contributed by atoms with E-state index in [9.17, 15) is 14.4 Å². The Morgan fingerprint density at radius 2 is 1.97 bits per heavy atom. The quantitative estimate of drug-likeness (QED) is 0.549. The Bertz CT molecular complexity index is 1250. The van der Waals surface area contributed by atoms with Gasteiger partial charge in [0.1, 0.15) is 29.4 Å². The van der Waals surface area contributed by atoms with Crippen molar-refractivity contribution in [3.05, 3.63) is 80.9 Å². The Balaban J connectivity index is 1.65. The highest BCUT2D eigenvalue weighted by atomic mass is 16.5. The molecule has 1 aliphatic rings. The molecule has 33 heavy (non-hydrogen) atoms. The monoisotopic (exact) mass is 451 g/mol. The Hall–Kier alpha value is -3.88. The molecule has 0 radical (unpaired) electrons. The lowest BCUT2D eigenvalue weighted by Gasteiger charge is -2.19. The lowest BCUT2D eigenvalue weighted by atomic mass is 10.1. The second-order valence-corrected chi connectivity index (χ2v) is 7.79. The van der Waals surface area contributed by atoms with Gasteiger partial charge in [-0.15, -0.1) is 0 Å². The zero-order valence-corrected chi connectivity index (χ0v) is 18.8. The SMILES string of the molecule is COC(=O)c1c(OCc2ccccn2)cc(=O)n2c1CCN(C(=O)c1cc(C)oc1C)CC2. The highest BCUT2D eigenvalue weighted by molar-refractivity contribution is 5.96. The van der Waals surface area contributed by atoms with Crippen LogP contribution in [0.15, 0.2) is 45.7 Å². The number of furan rings is 1. The summed E-state index contributed by atoms with van der Waals surface area (Å²) >= 11 is 0. The number of rotatable bonds is 5. The fourth-order valence-corrected chi connectivity index (χ4v) is 4.04. The zero-order chi connectivity index (χ0) is 23.5. The molecule has 4 heterocycles. The summed E-state index contributed by atoms with van der Waals surface area (Å²) < 4.78 is 17.8. The molecule has 3 aromatic rings. The summed E-state index contributed by atoms with van der Waals surface area (Å²) in [6, 6.07) is 8.41. The van der Waals surface area contributed by atoms with Gasteiger partial charge in [-0.3, -0.25) is 14.6 Å². The largest absolute Gasteiger partial charge is 0.486 e. The van der Waals surface area contributed by atoms with Gasteiger partial charge in [0.25, 0.3) is 11.5 Å². The van der Waals surface area contributed by atoms with Gasteiger partial charge in [0.15, 0.2) is 0 Å². The molecule has 0 saturated carbocycles. The molecule has 0 saturated heterocycles. The lowest BCUT2D eigenvalue weighted by Crippen LogP contribution is -2.34. The van der Waals surface area contributed by atoms with Crippen molar-refractivity contribution in [2.75, 3.05) is 20.2 Å². The summed E-state index contributed by atoms with van der Waals surface area (Å²) in [7, 11) is 1.28. The summed E-state index contributed by atoms with van der Waals surface area (Å²) in [5.74, 6) is 0.585. The zero-order valence-electron chi connectivity index (χ0n) is 18.8. The number of methoxy groups -OCH3 is 1. The fourth-order valence-electron chi connectivity index (χ4n) is 4.04. The highest BCUT2D eigenvalue weighted by Gasteiger charge is 2.28. The summed E-state index contributed by atoms with van der Waals surface area (Å²) in [6.45, 7) is 4.53. The van der Waals surface area contributed by atoms with Gasteiger partial charge in [-0.1, -0.05) is 6.07 Å². The van der Waals surface area contributed by atoms with Crippen molar-refractivity contribution < 1.29 is 23.5 Å². The van der Waals surface area contributed by atoms with Gasteiger partial charge >= 0.3 is 5.97 Å². The third-order valence-corrected chi connectivity index (χ3v) is 5.64. The van der Waals surface area contributed by atoms with Crippen molar-refractivity contribution in [2.45, 2.75) is 33.4 Å². The van der Waals surface area contributed by atoms with Crippen LogP contribution in [0.5, 0.6) is 5.75 Å². The molecule has 0 fully saturated rings. The number of hydrogen-bond acceptors (Lipinski definition) is 7. The lowest BCUT2D eigenvalue weighted by molar-refractivity contribution is 0.0592. The fraction of sp³-hybridized carbons (Fsp3) is 0.333. The molecule has 4 rings (SSSR count). The van der Waals surface area contributed by atoms with Crippen LogP contribution in [0.1, 0.15) is 43.6 Å². The Morgan fingerprint density at radius 1 is 1.15 bits per heavy atom. The van der Waals surface area contributed by atoms with Crippen LogP contribution >= 0.6 is 0 Å². The number of ether oxygens (including phenoxy) is 2. The molecule has 0 bridgehead atoms. The van der Waals surface area contributed by atoms with Gasteiger partial charge < -0.3 is 23.4 Å². The summed E-state index contributed by atoms with van der Waals surface area (Å²) in [4.78, 5) is 44.6. The molecular formula is C24H25N3O6. The summed E-state index contributed by atoms with van der Waals surface area (Å²) in [6.07, 6.45) is 1.93. The van der Waals surface area contributed by atoms with E-state index in [2.05, 4.69) is 4.98 Å². The first-order chi connectivity index (χ1) is 15.9. The number of nitrogens with zero attached hydrogens (tertiary/aromatic N) is 3. The van der Waals surface area contributed by atoms with E-state index >= 15 is 0 Å². The second kappa shape index (κ2) is 9.32. The maximum absolute atomic E-state index is 13.1. The van der Waals surface area contributed by atoms with E-state index in [1.807, 2.05) is 6.07 Å². The predicted molar refractivity (Wildman–Crippen MR) is 118 cm³/mol. The van der Waals surface area contributed by atoms with E-state index in [-0.39, 0.29) is 35.9 Å². The van der Waals surface area contributed by atoms with Crippen molar-refractivity contribution in [3.63, 3.8) is 0 Å². The molecular weight excluding hydrogens is 426 g/mol. The van der Waals surface area contributed by atoms with Crippen LogP contribution in [0.2, 0.25) is 0 Å². The number of hydrogen-bond donors (Lipinski definition) is 0. The van der Waals surface area contributed by atoms with Crippen LogP contribution in [0.3, 0.4) is 0 Å². The van der Waals surface area contributed by atoms with E-state index in [4.69, 9.17) is 13.9 Å². The minimum atomic E-state index is -0.601. The molecule has 0 N–H and O–H groups in total. The van der Waals surface area contributed by atoms with Gasteiger partial charge in [-0.2, -0.15) is 0 Å². The molecule has 0 atom stereocenters. The molecule has 0 aliphatic carbocycles. The second-order valence-electron chi connectivity index (χ2n) is 7.79. The molecule has 0 spiro atoms. The van der Waals surface area contributed by atoms with Gasteiger partial charge in [0.2, 0.25) is 0 Å². The molecule has 0 aromatic carbocycles. The number of esters is 1. The van der Waals surface area contributed by atoms with Crippen LogP contribution in [-0.2, 0) is 24.3 Å². The number of amides is 1. The van der Waals surface area contributed by atoms with Gasteiger partial charge in [0.05, 0.1) is 18.4 Å². The minimum Gasteiger partial charge on any atom is -0.486 e. The molecule has 172 valence electrons. The average Bonchev–Trinajstić information content (AvgIpc) is 3.01. The third-order valence-electron chi connectivity index (χ3n) is 5.64. The Morgan fingerprint density at radius 3 is 2.64 bits per heavy atom. The highest BCUT2D eigenvalue weighted by Crippen LogP contribution is 2.25. The van der Waals surface area contributed by atoms with E-state index < -0.39 is 5.97 Å². The van der Waals surface area contributed by atoms with E-state index in [0.717, 1.165) is 0 Å². The number of fused-ring (bicyclic) bond motifs is 1. The van der Waals surface area contributed by atoms with Crippen LogP contribution in [0.4, 0.5) is 0 Å². The van der Waals surface area contributed by atoms with Crippen molar-refractivity contribution >= 4 is 11.9 Å². The van der Waals surface area contributed by atoms with Crippen molar-refractivity contribution in [2.24, 2.45) is 0 Å². The van der Waals surface area contributed by atoms with Crippen molar-refractivity contribution in [1.29, 1.82) is 0 Å². The van der Waals surface area contributed by atoms with Crippen LogP contribution in [0.25, 0.3) is 0 Å². The Kier molecular flexibility index (Phi) is 6.30. The number of aromatic nitrogens is 2. The molecule has 9 nitrogen and oxygen atoms in total. The normalized spacial score (nSPS) is 13.2. The van der Waals surface area contributed by atoms with E-state index in [1.165, 1.54) is 17.7 Å². The van der Waals surface area contributed by atoms with Crippen LogP contribution in [0, 0.1) is 13.8 Å². The van der Waals surface area contributed by atoms with E-state index in [0.29, 0.717) is 48.0 Å². The predicted octanol–water partition coefficient (Wildman–Crippen LogP) is 2.52. The van der Waals surface area contributed by atoms with Crippen LogP contribution < -0.4 is 10.3 Å². The van der Waals surface area contributed by atoms with Gasteiger partial charge in [-0.05, 0) is 32.0 Å². The van der Waals surface area contributed by atoms with Crippen molar-refractivity contribution in [1.82, 2.24) is 14.5 Å². The van der Waals surface area contributed by atoms with Gasteiger partial charge in [-0.25, -0.2) is 4.79 Å². The van der Waals surface area contributed by atoms with E-state index in [1.54, 1.807) is 43.1 Å². The first kappa shape index (κ1) is 22.3. The first-order valence-electron chi connectivity index (χ1n) is 10.6. The molecule has 3 aromatic heterocycles. The Labute approximate surface area is 190 Å². The molecule has 0 unspecified atom stereocenters. The number of aryl methyl sites for hydroxylation is 2. The average molecular weight is 451 g/mol. The molecule has 1 aliphatic heterocycles. The van der Waals surface area contributed by atoms with Gasteiger partial charge in [0, 0.05) is 44.0 Å². The van der Waals surface area contributed by atoms with Crippen molar-refractivity contribution in [3.8, 4) is 5.75 Å². The maximum atomic E-state index is 13.1. The number of carbonyl (C=O) groups is 2. The number of pyridine rings is 2. The standard InChI is InChI=1S/C24H25N3O6/c1-15-12-18(16(2)33-15)23(29)26-9-7-19-22(24(30)31-3)20(13-21(28)27(19)11-10-26)32-14-17-6-4-5-8-25-17/h4-6,8,12-13H,7,9-11,14H2,1-3H3. The first-order valence-corrected chi connectivity index (χ1v) is 10.6. The maximum Gasteiger partial charge on any atom is 0.343 e. The summed E-state index contributed by atoms with van der Waals surface area (Å²) in [5.41, 5.74) is 1.53.